The Kier molecular flexibility index (Phi) is 3.83. The van der Waals surface area contributed by atoms with Gasteiger partial charge in [-0.3, -0.25) is 10.1 Å². The molecule has 5 nitrogen and oxygen atoms in total. The van der Waals surface area contributed by atoms with E-state index in [1.807, 2.05) is 0 Å². The van der Waals surface area contributed by atoms with E-state index in [0.29, 0.717) is 22.3 Å². The number of nitro groups is 1. The maximum atomic E-state index is 13.0. The lowest BCUT2D eigenvalue weighted by Gasteiger charge is -1.98. The van der Waals surface area contributed by atoms with Crippen LogP contribution in [0.15, 0.2) is 18.2 Å². The zero-order valence-corrected chi connectivity index (χ0v) is 10.5. The molecule has 0 radical (unpaired) electrons. The third-order valence-electron chi connectivity index (χ3n) is 2.16. The summed E-state index contributed by atoms with van der Waals surface area (Å²) in [5.41, 5.74) is -0.0525. The molecule has 1 heterocycles. The molecule has 2 rings (SSSR count). The van der Waals surface area contributed by atoms with Crippen LogP contribution < -0.4 is 0 Å². The highest BCUT2D eigenvalue weighted by atomic mass is 35.5. The second kappa shape index (κ2) is 5.36. The smallest absolute Gasteiger partial charge is 0.258 e. The monoisotopic (exact) mass is 287 g/mol. The Hall–Kier alpha value is -1.60. The van der Waals surface area contributed by atoms with E-state index in [1.54, 1.807) is 0 Å². The summed E-state index contributed by atoms with van der Waals surface area (Å²) < 4.78 is 13.0. The van der Waals surface area contributed by atoms with Gasteiger partial charge in [0.05, 0.1) is 16.6 Å². The number of nitrogens with zero attached hydrogens (tertiary/aromatic N) is 3. The van der Waals surface area contributed by atoms with Crippen LogP contribution in [0.3, 0.4) is 0 Å². The van der Waals surface area contributed by atoms with Crippen LogP contribution in [0.25, 0.3) is 10.6 Å². The Labute approximate surface area is 110 Å². The van der Waals surface area contributed by atoms with Gasteiger partial charge in [-0.1, -0.05) is 11.3 Å². The van der Waals surface area contributed by atoms with Crippen LogP contribution in [-0.4, -0.2) is 21.0 Å². The molecular weight excluding hydrogens is 281 g/mol. The Morgan fingerprint density at radius 2 is 2.22 bits per heavy atom. The largest absolute Gasteiger partial charge is 0.282 e. The molecule has 0 aliphatic heterocycles. The maximum Gasteiger partial charge on any atom is 0.282 e. The van der Waals surface area contributed by atoms with Crippen LogP contribution in [0.4, 0.5) is 10.1 Å². The average Bonchev–Trinajstić information content (AvgIpc) is 2.78. The summed E-state index contributed by atoms with van der Waals surface area (Å²) in [6.45, 7) is 0. The molecular formula is C10H7ClFN3O2S. The Balaban J connectivity index is 2.45. The van der Waals surface area contributed by atoms with E-state index >= 15 is 0 Å². The highest BCUT2D eigenvalue weighted by molar-refractivity contribution is 7.14. The van der Waals surface area contributed by atoms with Crippen molar-refractivity contribution in [3.63, 3.8) is 0 Å². The first-order valence-electron chi connectivity index (χ1n) is 4.94. The van der Waals surface area contributed by atoms with Crippen molar-refractivity contribution in [1.82, 2.24) is 10.2 Å². The van der Waals surface area contributed by atoms with E-state index in [0.717, 1.165) is 12.1 Å². The third kappa shape index (κ3) is 2.62. The zero-order valence-electron chi connectivity index (χ0n) is 8.97. The second-order valence-corrected chi connectivity index (χ2v) is 4.80. The minimum absolute atomic E-state index is 0.264. The SMILES string of the molecule is O=[N+]([O-])c1cc(F)ccc1-c1nnc(CCCl)s1. The lowest BCUT2D eigenvalue weighted by atomic mass is 10.2. The number of rotatable bonds is 4. The Morgan fingerprint density at radius 3 is 2.89 bits per heavy atom. The lowest BCUT2D eigenvalue weighted by Crippen LogP contribution is -1.92. The van der Waals surface area contributed by atoms with Crippen LogP contribution in [0.1, 0.15) is 5.01 Å². The molecule has 94 valence electrons. The first kappa shape index (κ1) is 12.8. The molecule has 18 heavy (non-hydrogen) atoms. The molecule has 0 atom stereocenters. The van der Waals surface area contributed by atoms with E-state index < -0.39 is 10.7 Å². The van der Waals surface area contributed by atoms with Gasteiger partial charge in [-0.25, -0.2) is 4.39 Å². The van der Waals surface area contributed by atoms with Crippen LogP contribution in [0.2, 0.25) is 0 Å². The molecule has 0 fully saturated rings. The van der Waals surface area contributed by atoms with Crippen molar-refractivity contribution in [2.45, 2.75) is 6.42 Å². The minimum Gasteiger partial charge on any atom is -0.258 e. The third-order valence-corrected chi connectivity index (χ3v) is 3.37. The van der Waals surface area contributed by atoms with Crippen LogP contribution in [-0.2, 0) is 6.42 Å². The number of aromatic nitrogens is 2. The number of halogens is 2. The van der Waals surface area contributed by atoms with Crippen molar-refractivity contribution >= 4 is 28.6 Å². The molecule has 1 aromatic carbocycles. The highest BCUT2D eigenvalue weighted by Crippen LogP contribution is 2.32. The van der Waals surface area contributed by atoms with E-state index in [9.17, 15) is 14.5 Å². The maximum absolute atomic E-state index is 13.0. The fourth-order valence-electron chi connectivity index (χ4n) is 1.38. The summed E-state index contributed by atoms with van der Waals surface area (Å²) in [7, 11) is 0. The van der Waals surface area contributed by atoms with Gasteiger partial charge in [0.2, 0.25) is 0 Å². The van der Waals surface area contributed by atoms with Gasteiger partial charge in [0.25, 0.3) is 5.69 Å². The molecule has 0 unspecified atom stereocenters. The van der Waals surface area contributed by atoms with Crippen molar-refractivity contribution in [3.05, 3.63) is 39.1 Å². The second-order valence-electron chi connectivity index (χ2n) is 3.36. The molecule has 8 heteroatoms. The summed E-state index contributed by atoms with van der Waals surface area (Å²) in [5, 5.41) is 19.7. The number of hydrogen-bond acceptors (Lipinski definition) is 5. The van der Waals surface area contributed by atoms with Crippen molar-refractivity contribution in [1.29, 1.82) is 0 Å². The van der Waals surface area contributed by atoms with Crippen LogP contribution >= 0.6 is 22.9 Å². The van der Waals surface area contributed by atoms with Crippen molar-refractivity contribution in [2.24, 2.45) is 0 Å². The number of hydrogen-bond donors (Lipinski definition) is 0. The molecule has 0 N–H and O–H groups in total. The normalized spacial score (nSPS) is 10.6. The predicted octanol–water partition coefficient (Wildman–Crippen LogP) is 3.03. The number of aryl methyl sites for hydroxylation is 1. The fraction of sp³-hybridized carbons (Fsp3) is 0.200. The first-order valence-corrected chi connectivity index (χ1v) is 6.29. The Morgan fingerprint density at radius 1 is 1.44 bits per heavy atom. The molecule has 0 saturated carbocycles. The van der Waals surface area contributed by atoms with Gasteiger partial charge in [0.1, 0.15) is 10.8 Å². The van der Waals surface area contributed by atoms with Crippen molar-refractivity contribution in [2.75, 3.05) is 5.88 Å². The molecule has 0 amide bonds. The predicted molar refractivity (Wildman–Crippen MR) is 66.4 cm³/mol. The van der Waals surface area contributed by atoms with Gasteiger partial charge in [0, 0.05) is 12.3 Å². The summed E-state index contributed by atoms with van der Waals surface area (Å²) in [4.78, 5) is 10.2. The number of benzene rings is 1. The number of alkyl halides is 1. The van der Waals surface area contributed by atoms with E-state index in [-0.39, 0.29) is 11.3 Å². The standard InChI is InChI=1S/C10H7ClFN3O2S/c11-4-3-9-13-14-10(18-9)7-2-1-6(12)5-8(7)15(16)17/h1-2,5H,3-4H2. The van der Waals surface area contributed by atoms with Crippen LogP contribution in [0.5, 0.6) is 0 Å². The number of nitro benzene ring substituents is 1. The van der Waals surface area contributed by atoms with Gasteiger partial charge in [-0.05, 0) is 12.1 Å². The van der Waals surface area contributed by atoms with Gasteiger partial charge in [-0.15, -0.1) is 21.8 Å². The van der Waals surface area contributed by atoms with Crippen molar-refractivity contribution in [3.8, 4) is 10.6 Å². The lowest BCUT2D eigenvalue weighted by molar-refractivity contribution is -0.384. The molecule has 0 bridgehead atoms. The minimum atomic E-state index is -0.657. The van der Waals surface area contributed by atoms with E-state index in [4.69, 9.17) is 11.6 Å². The molecule has 1 aromatic heterocycles. The van der Waals surface area contributed by atoms with Gasteiger partial charge in [-0.2, -0.15) is 0 Å². The van der Waals surface area contributed by atoms with Crippen molar-refractivity contribution < 1.29 is 9.31 Å². The molecule has 0 aliphatic carbocycles. The quantitative estimate of drug-likeness (QED) is 0.492. The van der Waals surface area contributed by atoms with E-state index in [2.05, 4.69) is 10.2 Å². The Bertz CT molecular complexity index is 590. The summed E-state index contributed by atoms with van der Waals surface area (Å²) in [6, 6.07) is 3.36. The van der Waals surface area contributed by atoms with Crippen LogP contribution in [0, 0.1) is 15.9 Å². The van der Waals surface area contributed by atoms with E-state index in [1.165, 1.54) is 17.4 Å². The summed E-state index contributed by atoms with van der Waals surface area (Å²) in [6.07, 6.45) is 0.550. The topological polar surface area (TPSA) is 68.9 Å². The summed E-state index contributed by atoms with van der Waals surface area (Å²) >= 11 is 6.79. The zero-order chi connectivity index (χ0) is 13.1. The highest BCUT2D eigenvalue weighted by Gasteiger charge is 2.19. The molecule has 0 aliphatic rings. The molecule has 0 spiro atoms. The average molecular weight is 288 g/mol. The van der Waals surface area contributed by atoms with Gasteiger partial charge >= 0.3 is 0 Å². The summed E-state index contributed by atoms with van der Waals surface area (Å²) in [5.74, 6) is -0.254. The molecule has 0 saturated heterocycles. The molecule has 2 aromatic rings. The fourth-order valence-corrected chi connectivity index (χ4v) is 2.55. The van der Waals surface area contributed by atoms with Gasteiger partial charge < -0.3 is 0 Å². The first-order chi connectivity index (χ1) is 8.61. The van der Waals surface area contributed by atoms with Gasteiger partial charge in [0.15, 0.2) is 5.01 Å².